The summed E-state index contributed by atoms with van der Waals surface area (Å²) in [6, 6.07) is 4.67. The predicted octanol–water partition coefficient (Wildman–Crippen LogP) is 4.57. The second kappa shape index (κ2) is 10.8. The highest BCUT2D eigenvalue weighted by Crippen LogP contribution is 2.23. The van der Waals surface area contributed by atoms with Gasteiger partial charge in [0, 0.05) is 29.7 Å². The number of nitrogens with one attached hydrogen (secondary N) is 1. The van der Waals surface area contributed by atoms with Crippen molar-refractivity contribution in [2.75, 3.05) is 31.6 Å². The second-order valence-electron chi connectivity index (χ2n) is 6.11. The molecule has 0 saturated carbocycles. The highest BCUT2D eigenvalue weighted by molar-refractivity contribution is 7.15. The van der Waals surface area contributed by atoms with Gasteiger partial charge in [0.2, 0.25) is 5.91 Å². The molecule has 0 aliphatic heterocycles. The maximum absolute atomic E-state index is 13.0. The Morgan fingerprint density at radius 2 is 2.04 bits per heavy atom. The zero-order valence-corrected chi connectivity index (χ0v) is 18.4. The molecule has 1 heterocycles. The number of hydrogen-bond acceptors (Lipinski definition) is 5. The molecule has 6 nitrogen and oxygen atoms in total. The highest BCUT2D eigenvalue weighted by Gasteiger charge is 2.21. The first kappa shape index (κ1) is 22.6. The topological polar surface area (TPSA) is 71.5 Å². The van der Waals surface area contributed by atoms with Crippen LogP contribution in [0, 0.1) is 13.8 Å². The Hall–Kier alpha value is -1.67. The Morgan fingerprint density at radius 3 is 2.64 bits per heavy atom. The lowest BCUT2D eigenvalue weighted by molar-refractivity contribution is -0.116. The summed E-state index contributed by atoms with van der Waals surface area (Å²) in [5.74, 6) is -0.650. The Kier molecular flexibility index (Phi) is 8.69. The minimum absolute atomic E-state index is 0.110. The van der Waals surface area contributed by atoms with E-state index in [9.17, 15) is 9.59 Å². The molecular weight excluding hydrogens is 421 g/mol. The van der Waals surface area contributed by atoms with Gasteiger partial charge in [-0.05, 0) is 45.4 Å². The van der Waals surface area contributed by atoms with Crippen LogP contribution in [-0.4, -0.2) is 48.0 Å². The van der Waals surface area contributed by atoms with E-state index in [1.807, 2.05) is 20.8 Å². The quantitative estimate of drug-likeness (QED) is 0.575. The van der Waals surface area contributed by atoms with Crippen LogP contribution in [0.3, 0.4) is 0 Å². The number of thiazole rings is 1. The number of hydrogen-bond donors (Lipinski definition) is 1. The molecule has 0 fully saturated rings. The number of ether oxygens (including phenoxy) is 1. The number of carbonyl (C=O) groups is 2. The molecule has 2 aromatic rings. The zero-order chi connectivity index (χ0) is 20.7. The second-order valence-corrected chi connectivity index (χ2v) is 8.16. The molecule has 1 N–H and O–H groups in total. The van der Waals surface area contributed by atoms with Crippen molar-refractivity contribution in [3.63, 3.8) is 0 Å². The predicted molar refractivity (Wildman–Crippen MR) is 114 cm³/mol. The molecule has 0 aliphatic rings. The summed E-state index contributed by atoms with van der Waals surface area (Å²) in [7, 11) is 0. The molecule has 28 heavy (non-hydrogen) atoms. The van der Waals surface area contributed by atoms with Gasteiger partial charge in [-0.25, -0.2) is 4.98 Å². The monoisotopic (exact) mass is 443 g/mol. The maximum Gasteiger partial charge on any atom is 0.255 e. The van der Waals surface area contributed by atoms with E-state index >= 15 is 0 Å². The van der Waals surface area contributed by atoms with Crippen molar-refractivity contribution in [3.8, 4) is 0 Å². The molecule has 0 radical (unpaired) electrons. The van der Waals surface area contributed by atoms with Gasteiger partial charge in [0.15, 0.2) is 5.13 Å². The Labute approximate surface area is 178 Å². The SMILES string of the molecule is CCOCCCN(CC(=O)Nc1nc(C)c(C)s1)C(=O)c1ccc(Cl)cc1Cl. The molecule has 1 aromatic carbocycles. The fraction of sp³-hybridized carbons (Fsp3) is 0.421. The Morgan fingerprint density at radius 1 is 1.29 bits per heavy atom. The fourth-order valence-corrected chi connectivity index (χ4v) is 3.77. The number of benzene rings is 1. The molecule has 0 bridgehead atoms. The number of anilines is 1. The van der Waals surface area contributed by atoms with Crippen LogP contribution < -0.4 is 5.32 Å². The molecule has 152 valence electrons. The summed E-state index contributed by atoms with van der Waals surface area (Å²) >= 11 is 13.5. The number of halogens is 2. The minimum atomic E-state index is -0.334. The van der Waals surface area contributed by atoms with E-state index in [0.717, 1.165) is 10.6 Å². The molecule has 9 heteroatoms. The number of nitrogens with zero attached hydrogens (tertiary/aromatic N) is 2. The van der Waals surface area contributed by atoms with Crippen molar-refractivity contribution in [1.29, 1.82) is 0 Å². The van der Waals surface area contributed by atoms with Crippen molar-refractivity contribution < 1.29 is 14.3 Å². The lowest BCUT2D eigenvalue weighted by Gasteiger charge is -2.22. The van der Waals surface area contributed by atoms with Gasteiger partial charge in [-0.1, -0.05) is 23.2 Å². The summed E-state index contributed by atoms with van der Waals surface area (Å²) in [6.07, 6.45) is 0.605. The molecule has 0 unspecified atom stereocenters. The highest BCUT2D eigenvalue weighted by atomic mass is 35.5. The number of aryl methyl sites for hydroxylation is 2. The molecule has 0 atom stereocenters. The summed E-state index contributed by atoms with van der Waals surface area (Å²) in [4.78, 5) is 32.2. The summed E-state index contributed by atoms with van der Waals surface area (Å²) < 4.78 is 5.34. The molecule has 0 aliphatic carbocycles. The molecule has 2 rings (SSSR count). The largest absolute Gasteiger partial charge is 0.382 e. The van der Waals surface area contributed by atoms with E-state index in [4.69, 9.17) is 27.9 Å². The minimum Gasteiger partial charge on any atom is -0.382 e. The first-order valence-corrected chi connectivity index (χ1v) is 10.4. The number of amides is 2. The van der Waals surface area contributed by atoms with Crippen LogP contribution >= 0.6 is 34.5 Å². The summed E-state index contributed by atoms with van der Waals surface area (Å²) in [6.45, 7) is 7.08. The average molecular weight is 444 g/mol. The van der Waals surface area contributed by atoms with Gasteiger partial charge in [-0.3, -0.25) is 9.59 Å². The Bertz CT molecular complexity index is 822. The van der Waals surface area contributed by atoms with Gasteiger partial charge in [-0.2, -0.15) is 0 Å². The van der Waals surface area contributed by atoms with E-state index in [1.54, 1.807) is 12.1 Å². The van der Waals surface area contributed by atoms with Crippen LogP contribution in [0.1, 0.15) is 34.3 Å². The van der Waals surface area contributed by atoms with E-state index in [1.165, 1.54) is 22.3 Å². The summed E-state index contributed by atoms with van der Waals surface area (Å²) in [5, 5.41) is 3.96. The van der Waals surface area contributed by atoms with E-state index in [-0.39, 0.29) is 23.4 Å². The van der Waals surface area contributed by atoms with E-state index in [2.05, 4.69) is 10.3 Å². The third-order valence-electron chi connectivity index (χ3n) is 3.98. The number of rotatable bonds is 9. The first-order chi connectivity index (χ1) is 13.3. The van der Waals surface area contributed by atoms with Gasteiger partial charge >= 0.3 is 0 Å². The van der Waals surface area contributed by atoms with Crippen LogP contribution in [0.15, 0.2) is 18.2 Å². The van der Waals surface area contributed by atoms with Crippen LogP contribution in [0.5, 0.6) is 0 Å². The van der Waals surface area contributed by atoms with Crippen molar-refractivity contribution in [2.45, 2.75) is 27.2 Å². The van der Waals surface area contributed by atoms with Gasteiger partial charge < -0.3 is 15.0 Å². The van der Waals surface area contributed by atoms with Gasteiger partial charge in [0.05, 0.1) is 16.3 Å². The van der Waals surface area contributed by atoms with Gasteiger partial charge in [0.1, 0.15) is 6.54 Å². The third-order valence-corrected chi connectivity index (χ3v) is 5.52. The molecule has 1 aromatic heterocycles. The van der Waals surface area contributed by atoms with Crippen LogP contribution in [0.25, 0.3) is 0 Å². The zero-order valence-electron chi connectivity index (χ0n) is 16.1. The number of aromatic nitrogens is 1. The van der Waals surface area contributed by atoms with Crippen molar-refractivity contribution in [1.82, 2.24) is 9.88 Å². The molecular formula is C19H23Cl2N3O3S. The van der Waals surface area contributed by atoms with Crippen molar-refractivity contribution in [3.05, 3.63) is 44.4 Å². The smallest absolute Gasteiger partial charge is 0.255 e. The molecule has 2 amide bonds. The Balaban J connectivity index is 2.10. The summed E-state index contributed by atoms with van der Waals surface area (Å²) in [5.41, 5.74) is 1.18. The maximum atomic E-state index is 13.0. The third kappa shape index (κ3) is 6.44. The van der Waals surface area contributed by atoms with E-state index < -0.39 is 0 Å². The average Bonchev–Trinajstić information content (AvgIpc) is 2.94. The van der Waals surface area contributed by atoms with E-state index in [0.29, 0.717) is 41.9 Å². The first-order valence-electron chi connectivity index (χ1n) is 8.87. The lowest BCUT2D eigenvalue weighted by atomic mass is 10.2. The lowest BCUT2D eigenvalue weighted by Crippen LogP contribution is -2.39. The number of carbonyl (C=O) groups excluding carboxylic acids is 2. The fourth-order valence-electron chi connectivity index (χ4n) is 2.45. The van der Waals surface area contributed by atoms with Gasteiger partial charge in [0.25, 0.3) is 5.91 Å². The molecule has 0 saturated heterocycles. The van der Waals surface area contributed by atoms with Crippen molar-refractivity contribution in [2.24, 2.45) is 0 Å². The standard InChI is InChI=1S/C19H23Cl2N3O3S/c1-4-27-9-5-8-24(18(26)15-7-6-14(20)10-16(15)21)11-17(25)23-19-22-12(2)13(3)28-19/h6-7,10H,4-5,8-9,11H2,1-3H3,(H,22,23,25). The van der Waals surface area contributed by atoms with Crippen LogP contribution in [-0.2, 0) is 9.53 Å². The van der Waals surface area contributed by atoms with Gasteiger partial charge in [-0.15, -0.1) is 11.3 Å². The van der Waals surface area contributed by atoms with Crippen LogP contribution in [0.2, 0.25) is 10.0 Å². The normalized spacial score (nSPS) is 10.8. The van der Waals surface area contributed by atoms with Crippen molar-refractivity contribution >= 4 is 51.5 Å². The van der Waals surface area contributed by atoms with Crippen LogP contribution in [0.4, 0.5) is 5.13 Å². The molecule has 0 spiro atoms.